The lowest BCUT2D eigenvalue weighted by molar-refractivity contribution is 0.240. The fourth-order valence-corrected chi connectivity index (χ4v) is 5.30. The molecule has 0 aliphatic heterocycles. The Hall–Kier alpha value is -1.16. The van der Waals surface area contributed by atoms with Crippen LogP contribution in [0.3, 0.4) is 0 Å². The highest BCUT2D eigenvalue weighted by molar-refractivity contribution is 9.11. The van der Waals surface area contributed by atoms with Crippen LogP contribution in [0.25, 0.3) is 0 Å². The van der Waals surface area contributed by atoms with Gasteiger partial charge in [-0.15, -0.1) is 11.3 Å². The molecule has 0 radical (unpaired) electrons. The summed E-state index contributed by atoms with van der Waals surface area (Å²) in [6, 6.07) is 6.25. The van der Waals surface area contributed by atoms with Crippen molar-refractivity contribution in [2.24, 2.45) is 4.99 Å². The molecule has 1 heterocycles. The molecule has 0 saturated carbocycles. The van der Waals surface area contributed by atoms with Crippen molar-refractivity contribution in [3.8, 4) is 11.8 Å². The van der Waals surface area contributed by atoms with Crippen molar-refractivity contribution in [3.63, 3.8) is 0 Å². The number of hydrogen-bond donors (Lipinski definition) is 0. The maximum Gasteiger partial charge on any atom is 0.142 e. The maximum atomic E-state index is 9.47. The maximum absolute atomic E-state index is 9.47. The van der Waals surface area contributed by atoms with Crippen LogP contribution in [-0.4, -0.2) is 12.3 Å². The predicted octanol–water partition coefficient (Wildman–Crippen LogP) is 6.17. The molecule has 1 aromatic carbocycles. The van der Waals surface area contributed by atoms with Gasteiger partial charge in [-0.05, 0) is 66.7 Å². The summed E-state index contributed by atoms with van der Waals surface area (Å²) in [6.45, 7) is 3.99. The summed E-state index contributed by atoms with van der Waals surface area (Å²) in [4.78, 5) is 5.92. The van der Waals surface area contributed by atoms with Crippen molar-refractivity contribution in [2.45, 2.75) is 39.2 Å². The van der Waals surface area contributed by atoms with Crippen LogP contribution in [-0.2, 0) is 12.8 Å². The first-order valence-electron chi connectivity index (χ1n) is 7.74. The van der Waals surface area contributed by atoms with Gasteiger partial charge in [0.05, 0.1) is 16.1 Å². The van der Waals surface area contributed by atoms with E-state index in [0.717, 1.165) is 50.1 Å². The van der Waals surface area contributed by atoms with Crippen molar-refractivity contribution in [1.29, 1.82) is 5.26 Å². The van der Waals surface area contributed by atoms with E-state index in [1.165, 1.54) is 10.4 Å². The smallest absolute Gasteiger partial charge is 0.142 e. The zero-order valence-corrected chi connectivity index (χ0v) is 17.4. The minimum absolute atomic E-state index is 0.0647. The first-order chi connectivity index (χ1) is 11.5. The molecule has 0 amide bonds. The number of fused-ring (bicyclic) bond motifs is 1. The monoisotopic (exact) mass is 466 g/mol. The molecule has 1 aliphatic rings. The summed E-state index contributed by atoms with van der Waals surface area (Å²) < 4.78 is 7.74. The summed E-state index contributed by atoms with van der Waals surface area (Å²) in [5.74, 6) is 0.763. The standard InChI is InChI=1S/C18H16Br2N2OS/c1-10(2)23-17-11(6-12(19)7-15(17)20)9-22-18-14(8-21)13-4-3-5-16(13)24-18/h6-7,9-10H,3-5H2,1-2H3/b22-9+. The fraction of sp³-hybridized carbons (Fsp3) is 0.333. The molecule has 3 nitrogen and oxygen atoms in total. The van der Waals surface area contributed by atoms with Gasteiger partial charge in [0.2, 0.25) is 0 Å². The molecule has 0 fully saturated rings. The SMILES string of the molecule is CC(C)Oc1c(Br)cc(Br)cc1/C=N/c1sc2c(c1C#N)CCC2. The van der Waals surface area contributed by atoms with Crippen LogP contribution in [0, 0.1) is 11.3 Å². The summed E-state index contributed by atoms with van der Waals surface area (Å²) in [5.41, 5.74) is 2.82. The third-order valence-electron chi connectivity index (χ3n) is 3.73. The van der Waals surface area contributed by atoms with Crippen molar-refractivity contribution in [3.05, 3.63) is 42.6 Å². The largest absolute Gasteiger partial charge is 0.489 e. The van der Waals surface area contributed by atoms with E-state index >= 15 is 0 Å². The van der Waals surface area contributed by atoms with Crippen LogP contribution in [0.1, 0.15) is 41.8 Å². The first-order valence-corrected chi connectivity index (χ1v) is 10.1. The van der Waals surface area contributed by atoms with Crippen LogP contribution in [0.15, 0.2) is 26.1 Å². The quantitative estimate of drug-likeness (QED) is 0.504. The van der Waals surface area contributed by atoms with Crippen molar-refractivity contribution < 1.29 is 4.74 Å². The normalized spacial score (nSPS) is 13.5. The lowest BCUT2D eigenvalue weighted by Crippen LogP contribution is -2.08. The second-order valence-corrected chi connectivity index (χ2v) is 8.73. The Bertz CT molecular complexity index is 850. The van der Waals surface area contributed by atoms with Crippen LogP contribution in [0.4, 0.5) is 5.00 Å². The Balaban J connectivity index is 2.00. The highest BCUT2D eigenvalue weighted by Gasteiger charge is 2.21. The Kier molecular flexibility index (Phi) is 5.43. The van der Waals surface area contributed by atoms with Gasteiger partial charge in [0.25, 0.3) is 0 Å². The van der Waals surface area contributed by atoms with Gasteiger partial charge in [-0.3, -0.25) is 0 Å². The lowest BCUT2D eigenvalue weighted by atomic mass is 10.1. The van der Waals surface area contributed by atoms with Gasteiger partial charge in [0, 0.05) is 21.1 Å². The molecule has 2 aromatic rings. The topological polar surface area (TPSA) is 45.4 Å². The zero-order valence-electron chi connectivity index (χ0n) is 13.4. The van der Waals surface area contributed by atoms with E-state index in [-0.39, 0.29) is 6.10 Å². The third kappa shape index (κ3) is 3.58. The number of benzene rings is 1. The van der Waals surface area contributed by atoms with Gasteiger partial charge < -0.3 is 4.74 Å². The summed E-state index contributed by atoms with van der Waals surface area (Å²) in [7, 11) is 0. The molecule has 1 aromatic heterocycles. The van der Waals surface area contributed by atoms with Crippen LogP contribution in [0.5, 0.6) is 5.75 Å². The highest BCUT2D eigenvalue weighted by Crippen LogP contribution is 2.40. The Morgan fingerprint density at radius 2 is 2.12 bits per heavy atom. The van der Waals surface area contributed by atoms with E-state index in [9.17, 15) is 5.26 Å². The van der Waals surface area contributed by atoms with Gasteiger partial charge >= 0.3 is 0 Å². The second kappa shape index (κ2) is 7.38. The van der Waals surface area contributed by atoms with Crippen LogP contribution >= 0.6 is 43.2 Å². The summed E-state index contributed by atoms with van der Waals surface area (Å²) in [5, 5.41) is 10.3. The number of rotatable bonds is 4. The molecule has 0 spiro atoms. The molecule has 1 aliphatic carbocycles. The molecule has 24 heavy (non-hydrogen) atoms. The number of aryl methyl sites for hydroxylation is 1. The predicted molar refractivity (Wildman–Crippen MR) is 106 cm³/mol. The number of aliphatic imine (C=N–C) groups is 1. The minimum Gasteiger partial charge on any atom is -0.489 e. The van der Waals surface area contributed by atoms with Gasteiger partial charge in [-0.2, -0.15) is 5.26 Å². The van der Waals surface area contributed by atoms with Crippen molar-refractivity contribution >= 4 is 54.4 Å². The Morgan fingerprint density at radius 1 is 1.33 bits per heavy atom. The molecule has 0 atom stereocenters. The van der Waals surface area contributed by atoms with Gasteiger partial charge in [0.1, 0.15) is 16.8 Å². The number of nitrogens with zero attached hydrogens (tertiary/aromatic N) is 2. The molecule has 124 valence electrons. The van der Waals surface area contributed by atoms with Gasteiger partial charge in [-0.1, -0.05) is 15.9 Å². The number of halogens is 2. The number of hydrogen-bond acceptors (Lipinski definition) is 4. The zero-order chi connectivity index (χ0) is 17.3. The average molecular weight is 468 g/mol. The molecule has 0 saturated heterocycles. The average Bonchev–Trinajstić information content (AvgIpc) is 3.08. The summed E-state index contributed by atoms with van der Waals surface area (Å²) in [6.07, 6.45) is 5.05. The van der Waals surface area contributed by atoms with Crippen LogP contribution < -0.4 is 4.74 Å². The minimum atomic E-state index is 0.0647. The molecule has 0 N–H and O–H groups in total. The summed E-state index contributed by atoms with van der Waals surface area (Å²) >= 11 is 8.69. The second-order valence-electron chi connectivity index (χ2n) is 5.88. The Morgan fingerprint density at radius 3 is 2.83 bits per heavy atom. The van der Waals surface area contributed by atoms with Gasteiger partial charge in [0.15, 0.2) is 0 Å². The molecular formula is C18H16Br2N2OS. The number of ether oxygens (including phenoxy) is 1. The molecule has 3 rings (SSSR count). The molecule has 0 bridgehead atoms. The van der Waals surface area contributed by atoms with E-state index in [2.05, 4.69) is 42.9 Å². The van der Waals surface area contributed by atoms with Gasteiger partial charge in [-0.25, -0.2) is 4.99 Å². The number of thiophene rings is 1. The van der Waals surface area contributed by atoms with E-state index in [1.807, 2.05) is 26.0 Å². The lowest BCUT2D eigenvalue weighted by Gasteiger charge is -2.14. The van der Waals surface area contributed by atoms with E-state index in [0.29, 0.717) is 0 Å². The molecular weight excluding hydrogens is 452 g/mol. The van der Waals surface area contributed by atoms with Crippen molar-refractivity contribution in [2.75, 3.05) is 0 Å². The van der Waals surface area contributed by atoms with E-state index in [4.69, 9.17) is 4.74 Å². The first kappa shape index (κ1) is 17.7. The van der Waals surface area contributed by atoms with E-state index in [1.54, 1.807) is 17.6 Å². The molecule has 6 heteroatoms. The Labute approximate surface area is 162 Å². The third-order valence-corrected chi connectivity index (χ3v) is 5.97. The number of nitriles is 1. The highest BCUT2D eigenvalue weighted by atomic mass is 79.9. The molecule has 0 unspecified atom stereocenters. The van der Waals surface area contributed by atoms with Crippen LogP contribution in [0.2, 0.25) is 0 Å². The van der Waals surface area contributed by atoms with Crippen molar-refractivity contribution in [1.82, 2.24) is 0 Å². The fourth-order valence-electron chi connectivity index (χ4n) is 2.76. The van der Waals surface area contributed by atoms with E-state index < -0.39 is 0 Å².